The molecule has 0 bridgehead atoms. The fourth-order valence-electron chi connectivity index (χ4n) is 2.47. The summed E-state index contributed by atoms with van der Waals surface area (Å²) in [7, 11) is 0. The van der Waals surface area contributed by atoms with Gasteiger partial charge >= 0.3 is 0 Å². The van der Waals surface area contributed by atoms with E-state index in [2.05, 4.69) is 15.8 Å². The Kier molecular flexibility index (Phi) is 6.97. The second kappa shape index (κ2) is 9.40. The van der Waals surface area contributed by atoms with Crippen molar-refractivity contribution in [1.82, 2.24) is 10.7 Å². The van der Waals surface area contributed by atoms with Crippen molar-refractivity contribution < 1.29 is 14.5 Å². The van der Waals surface area contributed by atoms with Crippen LogP contribution in [0.5, 0.6) is 0 Å². The average molecular weight is 382 g/mol. The molecule has 0 aromatic heterocycles. The van der Waals surface area contributed by atoms with Crippen LogP contribution in [-0.2, 0) is 4.79 Å². The minimum absolute atomic E-state index is 0.0279. The summed E-state index contributed by atoms with van der Waals surface area (Å²) in [4.78, 5) is 35.0. The highest BCUT2D eigenvalue weighted by molar-refractivity contribution is 5.97. The molecular weight excluding hydrogens is 360 g/mol. The zero-order chi connectivity index (χ0) is 20.7. The molecule has 0 aliphatic rings. The van der Waals surface area contributed by atoms with E-state index in [1.54, 1.807) is 18.2 Å². The number of hydrazone groups is 1. The number of rotatable bonds is 7. The summed E-state index contributed by atoms with van der Waals surface area (Å²) in [5.41, 5.74) is 4.39. The zero-order valence-corrected chi connectivity index (χ0v) is 15.9. The van der Waals surface area contributed by atoms with Gasteiger partial charge < -0.3 is 5.32 Å². The van der Waals surface area contributed by atoms with E-state index in [4.69, 9.17) is 0 Å². The third-order valence-electron chi connectivity index (χ3n) is 4.01. The lowest BCUT2D eigenvalue weighted by Gasteiger charge is -2.20. The molecule has 8 nitrogen and oxygen atoms in total. The van der Waals surface area contributed by atoms with E-state index in [1.165, 1.54) is 30.5 Å². The highest BCUT2D eigenvalue weighted by atomic mass is 16.6. The third-order valence-corrected chi connectivity index (χ3v) is 4.01. The largest absolute Gasteiger partial charge is 0.340 e. The van der Waals surface area contributed by atoms with Gasteiger partial charge in [-0.25, -0.2) is 5.43 Å². The first-order chi connectivity index (χ1) is 13.3. The van der Waals surface area contributed by atoms with Crippen molar-refractivity contribution in [2.24, 2.45) is 11.0 Å². The van der Waals surface area contributed by atoms with E-state index in [-0.39, 0.29) is 17.5 Å². The van der Waals surface area contributed by atoms with Crippen molar-refractivity contribution in [2.75, 3.05) is 0 Å². The van der Waals surface area contributed by atoms with E-state index in [0.717, 1.165) is 5.56 Å². The van der Waals surface area contributed by atoms with Crippen LogP contribution in [0.3, 0.4) is 0 Å². The van der Waals surface area contributed by atoms with Crippen LogP contribution >= 0.6 is 0 Å². The molecule has 2 N–H and O–H groups in total. The van der Waals surface area contributed by atoms with Crippen LogP contribution in [0.4, 0.5) is 5.69 Å². The molecule has 0 spiro atoms. The molecule has 2 aromatic rings. The first-order valence-corrected chi connectivity index (χ1v) is 8.73. The van der Waals surface area contributed by atoms with Crippen LogP contribution < -0.4 is 10.7 Å². The molecule has 0 saturated heterocycles. The van der Waals surface area contributed by atoms with Gasteiger partial charge in [0, 0.05) is 17.7 Å². The van der Waals surface area contributed by atoms with E-state index in [9.17, 15) is 19.7 Å². The molecule has 0 aliphatic heterocycles. The van der Waals surface area contributed by atoms with E-state index in [0.29, 0.717) is 11.1 Å². The van der Waals surface area contributed by atoms with Gasteiger partial charge in [-0.05, 0) is 42.7 Å². The standard InChI is InChI=1S/C20H22N4O4/c1-13(2)18(22-19(25)16-6-4-5-14(3)11-16)20(26)23-21-12-15-7-9-17(10-8-15)24(27)28/h4-13,18H,1-3H3,(H,22,25)(H,23,26)/b21-12-/t18-/m1/s1. The summed E-state index contributed by atoms with van der Waals surface area (Å²) in [6.45, 7) is 5.53. The molecule has 1 atom stereocenters. The lowest BCUT2D eigenvalue weighted by molar-refractivity contribution is -0.384. The number of hydrogen-bond donors (Lipinski definition) is 2. The van der Waals surface area contributed by atoms with Crippen LogP contribution in [0, 0.1) is 23.0 Å². The Morgan fingerprint density at radius 2 is 1.82 bits per heavy atom. The van der Waals surface area contributed by atoms with Crippen LogP contribution in [-0.4, -0.2) is 29.0 Å². The number of nitro benzene ring substituents is 1. The van der Waals surface area contributed by atoms with E-state index >= 15 is 0 Å². The Labute approximate surface area is 162 Å². The summed E-state index contributed by atoms with van der Waals surface area (Å²) >= 11 is 0. The van der Waals surface area contributed by atoms with Crippen molar-refractivity contribution in [2.45, 2.75) is 26.8 Å². The van der Waals surface area contributed by atoms with Gasteiger partial charge in [0.2, 0.25) is 0 Å². The van der Waals surface area contributed by atoms with Gasteiger partial charge in [0.05, 0.1) is 11.1 Å². The van der Waals surface area contributed by atoms with Crippen LogP contribution in [0.1, 0.15) is 35.3 Å². The average Bonchev–Trinajstić information content (AvgIpc) is 2.65. The highest BCUT2D eigenvalue weighted by Gasteiger charge is 2.24. The molecule has 2 aromatic carbocycles. The van der Waals surface area contributed by atoms with Gasteiger partial charge in [-0.3, -0.25) is 19.7 Å². The third kappa shape index (κ3) is 5.73. The summed E-state index contributed by atoms with van der Waals surface area (Å²) in [6, 6.07) is 12.1. The number of benzene rings is 2. The van der Waals surface area contributed by atoms with Crippen LogP contribution in [0.15, 0.2) is 53.6 Å². The maximum absolute atomic E-state index is 12.4. The molecule has 146 valence electrons. The second-order valence-corrected chi connectivity index (χ2v) is 6.65. The number of amides is 2. The first kappa shape index (κ1) is 20.8. The molecule has 0 fully saturated rings. The van der Waals surface area contributed by atoms with Gasteiger partial charge in [0.1, 0.15) is 6.04 Å². The predicted molar refractivity (Wildman–Crippen MR) is 106 cm³/mol. The molecule has 28 heavy (non-hydrogen) atoms. The molecule has 0 radical (unpaired) electrons. The van der Waals surface area contributed by atoms with E-state index < -0.39 is 16.9 Å². The minimum Gasteiger partial charge on any atom is -0.340 e. The smallest absolute Gasteiger partial charge is 0.269 e. The molecule has 8 heteroatoms. The summed E-state index contributed by atoms with van der Waals surface area (Å²) in [6.07, 6.45) is 1.38. The number of nitrogens with zero attached hydrogens (tertiary/aromatic N) is 2. The fourth-order valence-corrected chi connectivity index (χ4v) is 2.47. The van der Waals surface area contributed by atoms with Crippen molar-refractivity contribution in [1.29, 1.82) is 0 Å². The Hall–Kier alpha value is -3.55. The van der Waals surface area contributed by atoms with Gasteiger partial charge in [-0.1, -0.05) is 31.5 Å². The lowest BCUT2D eigenvalue weighted by Crippen LogP contribution is -2.48. The first-order valence-electron chi connectivity index (χ1n) is 8.73. The number of nitro groups is 1. The zero-order valence-electron chi connectivity index (χ0n) is 15.9. The highest BCUT2D eigenvalue weighted by Crippen LogP contribution is 2.11. The SMILES string of the molecule is Cc1cccc(C(=O)N[C@@H](C(=O)N/N=C\c2ccc([N+](=O)[O-])cc2)C(C)C)c1. The number of carbonyl (C=O) groups excluding carboxylic acids is 2. The maximum atomic E-state index is 12.4. The molecular formula is C20H22N4O4. The van der Waals surface area contributed by atoms with E-state index in [1.807, 2.05) is 26.8 Å². The Morgan fingerprint density at radius 3 is 2.39 bits per heavy atom. The Balaban J connectivity index is 2.00. The predicted octanol–water partition coefficient (Wildman–Crippen LogP) is 2.81. The van der Waals surface area contributed by atoms with Gasteiger partial charge in [-0.2, -0.15) is 5.10 Å². The summed E-state index contributed by atoms with van der Waals surface area (Å²) in [5.74, 6) is -0.936. The number of carbonyl (C=O) groups is 2. The second-order valence-electron chi connectivity index (χ2n) is 6.65. The fraction of sp³-hybridized carbons (Fsp3) is 0.250. The number of aryl methyl sites for hydroxylation is 1. The lowest BCUT2D eigenvalue weighted by atomic mass is 10.0. The quantitative estimate of drug-likeness (QED) is 0.435. The maximum Gasteiger partial charge on any atom is 0.269 e. The molecule has 2 rings (SSSR count). The summed E-state index contributed by atoms with van der Waals surface area (Å²) < 4.78 is 0. The topological polar surface area (TPSA) is 114 Å². The molecule has 0 aliphatic carbocycles. The van der Waals surface area contributed by atoms with Crippen molar-refractivity contribution >= 4 is 23.7 Å². The van der Waals surface area contributed by atoms with Crippen molar-refractivity contribution in [3.63, 3.8) is 0 Å². The van der Waals surface area contributed by atoms with Gasteiger partial charge in [0.25, 0.3) is 17.5 Å². The molecule has 2 amide bonds. The number of non-ortho nitro benzene ring substituents is 1. The van der Waals surface area contributed by atoms with Gasteiger partial charge in [-0.15, -0.1) is 0 Å². The molecule has 0 saturated carbocycles. The van der Waals surface area contributed by atoms with Gasteiger partial charge in [0.15, 0.2) is 0 Å². The Bertz CT molecular complexity index is 891. The normalized spacial score (nSPS) is 12.0. The number of hydrogen-bond acceptors (Lipinski definition) is 5. The monoisotopic (exact) mass is 382 g/mol. The summed E-state index contributed by atoms with van der Waals surface area (Å²) in [5, 5.41) is 17.2. The molecule has 0 heterocycles. The van der Waals surface area contributed by atoms with Crippen LogP contribution in [0.2, 0.25) is 0 Å². The Morgan fingerprint density at radius 1 is 1.14 bits per heavy atom. The molecule has 0 unspecified atom stereocenters. The van der Waals surface area contributed by atoms with Crippen molar-refractivity contribution in [3.05, 3.63) is 75.3 Å². The van der Waals surface area contributed by atoms with Crippen molar-refractivity contribution in [3.8, 4) is 0 Å². The number of nitrogens with one attached hydrogen (secondary N) is 2. The van der Waals surface area contributed by atoms with Crippen LogP contribution in [0.25, 0.3) is 0 Å². The minimum atomic E-state index is -0.762.